The number of fused-ring (bicyclic) bond motifs is 1. The number of benzene rings is 2. The van der Waals surface area contributed by atoms with E-state index in [-0.39, 0.29) is 43.5 Å². The molecule has 0 aliphatic carbocycles. The first-order valence-corrected chi connectivity index (χ1v) is 12.9. The average molecular weight is 665 g/mol. The van der Waals surface area contributed by atoms with Crippen LogP contribution in [-0.2, 0) is 31.3 Å². The van der Waals surface area contributed by atoms with Crippen molar-refractivity contribution in [3.63, 3.8) is 0 Å². The number of aromatic nitrogens is 1. The Morgan fingerprint density at radius 3 is 2.25 bits per heavy atom. The van der Waals surface area contributed by atoms with Crippen LogP contribution in [0.15, 0.2) is 54.4 Å². The summed E-state index contributed by atoms with van der Waals surface area (Å²) in [5, 5.41) is 11.9. The third kappa shape index (κ3) is 9.30. The van der Waals surface area contributed by atoms with E-state index in [9.17, 15) is 9.90 Å². The predicted octanol–water partition coefficient (Wildman–Crippen LogP) is 8.60. The molecule has 0 fully saturated rings. The van der Waals surface area contributed by atoms with Gasteiger partial charge in [-0.1, -0.05) is 73.6 Å². The number of rotatable bonds is 8. The van der Waals surface area contributed by atoms with Gasteiger partial charge in [0.15, 0.2) is 5.78 Å². The second kappa shape index (κ2) is 15.1. The van der Waals surface area contributed by atoms with E-state index >= 15 is 0 Å². The normalized spacial score (nSPS) is 13.0. The van der Waals surface area contributed by atoms with Crippen LogP contribution in [-0.4, -0.2) is 15.9 Å². The summed E-state index contributed by atoms with van der Waals surface area (Å²) < 4.78 is 0. The number of nitrogens with zero attached hydrogens (tertiary/aromatic N) is 1. The van der Waals surface area contributed by atoms with Crippen molar-refractivity contribution >= 4 is 16.6 Å². The van der Waals surface area contributed by atoms with Gasteiger partial charge in [-0.15, -0.1) is 34.9 Å². The number of allylic oxidation sites excluding steroid dienone is 2. The van der Waals surface area contributed by atoms with Crippen molar-refractivity contribution in [2.45, 2.75) is 74.7 Å². The summed E-state index contributed by atoms with van der Waals surface area (Å²) in [4.78, 5) is 16.0. The molecule has 1 radical (unpaired) electrons. The molecular weight excluding hydrogens is 623 g/mol. The average Bonchev–Trinajstić information content (AvgIpc) is 2.81. The fourth-order valence-corrected chi connectivity index (χ4v) is 3.89. The standard InChI is InChI=1S/C21H22N.C11H20O2.Ir/c1-14(2)9-17-5-6-18-7-8-22-21(20(18)13-17)19-11-15(3)10-16(4)12-19;1-5-8(3)10(12)7-11(13)9(4)6-2;/h5-8,10-11,13-14H,9H2,1-4H3;7-9,12H,5-6H2,1-4H3;/q-1;;/b;10-7-;. The topological polar surface area (TPSA) is 50.2 Å². The molecule has 2 unspecified atom stereocenters. The molecule has 1 N–H and O–H groups in total. The zero-order chi connectivity index (χ0) is 26.1. The van der Waals surface area contributed by atoms with E-state index in [0.29, 0.717) is 5.92 Å². The van der Waals surface area contributed by atoms with Gasteiger partial charge in [0.1, 0.15) is 0 Å². The van der Waals surface area contributed by atoms with Crippen molar-refractivity contribution in [2.75, 3.05) is 0 Å². The van der Waals surface area contributed by atoms with E-state index in [1.807, 2.05) is 33.9 Å². The van der Waals surface area contributed by atoms with Crippen molar-refractivity contribution in [3.8, 4) is 11.3 Å². The SMILES string of the molecule is CCC(C)C(=O)/C=C(\O)C(C)CC.Cc1[c-]c(-c2nccc3ccc(CC(C)C)cc23)cc(C)c1.[Ir]. The van der Waals surface area contributed by atoms with E-state index in [1.54, 1.807) is 0 Å². The van der Waals surface area contributed by atoms with Crippen molar-refractivity contribution < 1.29 is 30.0 Å². The van der Waals surface area contributed by atoms with Crippen molar-refractivity contribution in [1.29, 1.82) is 0 Å². The predicted molar refractivity (Wildman–Crippen MR) is 149 cm³/mol. The van der Waals surface area contributed by atoms with Crippen LogP contribution in [0.1, 0.15) is 71.1 Å². The quantitative estimate of drug-likeness (QED) is 0.149. The molecule has 0 saturated heterocycles. The Morgan fingerprint density at radius 2 is 1.67 bits per heavy atom. The minimum atomic E-state index is 0. The number of aliphatic hydroxyl groups is 1. The number of carbonyl (C=O) groups is 1. The van der Waals surface area contributed by atoms with Crippen LogP contribution in [0, 0.1) is 37.7 Å². The van der Waals surface area contributed by atoms with Crippen LogP contribution >= 0.6 is 0 Å². The van der Waals surface area contributed by atoms with E-state index in [1.165, 1.54) is 28.0 Å². The molecule has 2 atom stereocenters. The van der Waals surface area contributed by atoms with Gasteiger partial charge in [0.25, 0.3) is 0 Å². The summed E-state index contributed by atoms with van der Waals surface area (Å²) in [7, 11) is 0. The van der Waals surface area contributed by atoms with E-state index in [4.69, 9.17) is 0 Å². The number of aliphatic hydroxyl groups excluding tert-OH is 1. The zero-order valence-electron chi connectivity index (χ0n) is 23.1. The molecule has 0 amide bonds. The molecule has 0 bridgehead atoms. The number of hydrogen-bond acceptors (Lipinski definition) is 3. The number of aryl methyl sites for hydroxylation is 2. The smallest absolute Gasteiger partial charge is 0.161 e. The molecule has 4 heteroatoms. The molecule has 3 aromatic rings. The molecule has 1 heterocycles. The summed E-state index contributed by atoms with van der Waals surface area (Å²) in [5.74, 6) is 1.01. The first-order valence-electron chi connectivity index (χ1n) is 12.9. The van der Waals surface area contributed by atoms with Gasteiger partial charge >= 0.3 is 0 Å². The van der Waals surface area contributed by atoms with E-state index < -0.39 is 0 Å². The van der Waals surface area contributed by atoms with Gasteiger partial charge in [0.05, 0.1) is 5.76 Å². The van der Waals surface area contributed by atoms with Gasteiger partial charge in [-0.3, -0.25) is 4.79 Å². The molecule has 0 aliphatic heterocycles. The van der Waals surface area contributed by atoms with Gasteiger partial charge in [-0.2, -0.15) is 0 Å². The molecule has 0 aliphatic rings. The minimum absolute atomic E-state index is 0. The van der Waals surface area contributed by atoms with Crippen molar-refractivity contribution in [3.05, 3.63) is 77.2 Å². The Hall–Kier alpha value is -2.29. The Kier molecular flexibility index (Phi) is 13.3. The fraction of sp³-hybridized carbons (Fsp3) is 0.438. The molecule has 2 aromatic carbocycles. The van der Waals surface area contributed by atoms with Gasteiger partial charge in [0.2, 0.25) is 0 Å². The number of pyridine rings is 1. The van der Waals surface area contributed by atoms with Gasteiger partial charge in [0, 0.05) is 44.2 Å². The Bertz CT molecular complexity index is 1150. The van der Waals surface area contributed by atoms with Crippen LogP contribution in [0.4, 0.5) is 0 Å². The van der Waals surface area contributed by atoms with Gasteiger partial charge < -0.3 is 10.1 Å². The van der Waals surface area contributed by atoms with Crippen LogP contribution in [0.2, 0.25) is 0 Å². The fourth-order valence-electron chi connectivity index (χ4n) is 3.89. The van der Waals surface area contributed by atoms with Crippen LogP contribution in [0.3, 0.4) is 0 Å². The largest absolute Gasteiger partial charge is 0.512 e. The summed E-state index contributed by atoms with van der Waals surface area (Å²) >= 11 is 0. The molecule has 1 aromatic heterocycles. The summed E-state index contributed by atoms with van der Waals surface area (Å²) in [6.45, 7) is 16.5. The Balaban J connectivity index is 0.000000402. The monoisotopic (exact) mass is 665 g/mol. The molecule has 0 spiro atoms. The van der Waals surface area contributed by atoms with Crippen LogP contribution < -0.4 is 0 Å². The molecule has 197 valence electrons. The second-order valence-electron chi connectivity index (χ2n) is 10.2. The molecule has 3 rings (SSSR count). The first-order chi connectivity index (χ1) is 16.5. The maximum Gasteiger partial charge on any atom is 0.161 e. The molecule has 36 heavy (non-hydrogen) atoms. The van der Waals surface area contributed by atoms with E-state index in [2.05, 4.69) is 75.1 Å². The van der Waals surface area contributed by atoms with Gasteiger partial charge in [-0.05, 0) is 53.3 Å². The third-order valence-corrected chi connectivity index (χ3v) is 6.38. The second-order valence-corrected chi connectivity index (χ2v) is 10.2. The number of ketones is 1. The molecule has 0 saturated carbocycles. The van der Waals surface area contributed by atoms with Crippen molar-refractivity contribution in [1.82, 2.24) is 4.98 Å². The molecule has 3 nitrogen and oxygen atoms in total. The van der Waals surface area contributed by atoms with E-state index in [0.717, 1.165) is 36.1 Å². The maximum absolute atomic E-state index is 11.4. The van der Waals surface area contributed by atoms with Crippen LogP contribution in [0.5, 0.6) is 0 Å². The maximum atomic E-state index is 11.4. The van der Waals surface area contributed by atoms with Crippen molar-refractivity contribution in [2.24, 2.45) is 17.8 Å². The summed E-state index contributed by atoms with van der Waals surface area (Å²) in [6, 6.07) is 16.6. The number of hydrogen-bond donors (Lipinski definition) is 1. The summed E-state index contributed by atoms with van der Waals surface area (Å²) in [6.07, 6.45) is 6.05. The zero-order valence-corrected chi connectivity index (χ0v) is 25.5. The third-order valence-electron chi connectivity index (χ3n) is 6.38. The summed E-state index contributed by atoms with van der Waals surface area (Å²) in [5.41, 5.74) is 5.91. The number of carbonyl (C=O) groups excluding carboxylic acids is 1. The molecular formula is C32H42IrNO2-. The Morgan fingerprint density at radius 1 is 1.00 bits per heavy atom. The first kappa shape index (κ1) is 31.7. The minimum Gasteiger partial charge on any atom is -0.512 e. The van der Waals surface area contributed by atoms with Crippen LogP contribution in [0.25, 0.3) is 22.0 Å². The Labute approximate surface area is 231 Å². The van der Waals surface area contributed by atoms with Gasteiger partial charge in [-0.25, -0.2) is 0 Å².